The molecule has 66 valence electrons. The van der Waals surface area contributed by atoms with Gasteiger partial charge in [-0.15, -0.1) is 0 Å². The molecule has 13 heavy (non-hydrogen) atoms. The van der Waals surface area contributed by atoms with Gasteiger partial charge in [-0.3, -0.25) is 0 Å². The summed E-state index contributed by atoms with van der Waals surface area (Å²) in [5, 5.41) is 9.48. The van der Waals surface area contributed by atoms with Crippen LogP contribution in [0.15, 0.2) is 12.3 Å². The van der Waals surface area contributed by atoms with Crippen molar-refractivity contribution in [3.05, 3.63) is 28.5 Å². The molecule has 0 amide bonds. The summed E-state index contributed by atoms with van der Waals surface area (Å²) in [4.78, 5) is 4.05. The molecular weight excluding hydrogens is 184 g/mol. The van der Waals surface area contributed by atoms with Gasteiger partial charge in [-0.25, -0.2) is 4.98 Å². The lowest BCUT2D eigenvalue weighted by molar-refractivity contribution is 0.893. The zero-order valence-corrected chi connectivity index (χ0v) is 8.10. The second-order valence-corrected chi connectivity index (χ2v) is 3.88. The van der Waals surface area contributed by atoms with Crippen molar-refractivity contribution < 1.29 is 0 Å². The molecule has 1 aromatic heterocycles. The van der Waals surface area contributed by atoms with Crippen LogP contribution in [0, 0.1) is 18.3 Å². The lowest BCUT2D eigenvalue weighted by Gasteiger charge is -2.06. The van der Waals surface area contributed by atoms with Gasteiger partial charge in [0.1, 0.15) is 5.15 Å². The molecule has 1 heterocycles. The van der Waals surface area contributed by atoms with Gasteiger partial charge in [0.15, 0.2) is 0 Å². The molecule has 3 heteroatoms. The summed E-state index contributed by atoms with van der Waals surface area (Å²) < 4.78 is 0. The minimum atomic E-state index is -0.248. The molecule has 0 spiro atoms. The summed E-state index contributed by atoms with van der Waals surface area (Å²) in [6.07, 6.45) is 3.62. The van der Waals surface area contributed by atoms with Gasteiger partial charge in [0.25, 0.3) is 0 Å². The number of hydrogen-bond acceptors (Lipinski definition) is 2. The molecule has 1 aromatic rings. The Balaban J connectivity index is 2.44. The van der Waals surface area contributed by atoms with Crippen LogP contribution in [0.4, 0.5) is 0 Å². The van der Waals surface area contributed by atoms with Crippen molar-refractivity contribution in [1.82, 2.24) is 4.98 Å². The van der Waals surface area contributed by atoms with E-state index in [-0.39, 0.29) is 5.41 Å². The number of pyridine rings is 1. The number of nitrogens with zero attached hydrogens (tertiary/aromatic N) is 2. The van der Waals surface area contributed by atoms with E-state index in [1.54, 1.807) is 6.20 Å². The predicted octanol–water partition coefficient (Wildman–Crippen LogP) is 2.60. The van der Waals surface area contributed by atoms with E-state index in [2.05, 4.69) is 11.1 Å². The highest BCUT2D eigenvalue weighted by Gasteiger charge is 2.45. The van der Waals surface area contributed by atoms with Crippen molar-refractivity contribution in [2.24, 2.45) is 0 Å². The maximum atomic E-state index is 8.96. The average molecular weight is 193 g/mol. The molecule has 1 fully saturated rings. The molecule has 0 aliphatic heterocycles. The van der Waals surface area contributed by atoms with Crippen LogP contribution in [0.3, 0.4) is 0 Å². The number of rotatable bonds is 1. The first-order valence-electron chi connectivity index (χ1n) is 4.22. The maximum Gasteiger partial charge on any atom is 0.131 e. The Morgan fingerprint density at radius 3 is 2.77 bits per heavy atom. The van der Waals surface area contributed by atoms with E-state index in [1.165, 1.54) is 0 Å². The Bertz CT molecular complexity index is 388. The fourth-order valence-corrected chi connectivity index (χ4v) is 1.51. The highest BCUT2D eigenvalue weighted by atomic mass is 35.5. The monoisotopic (exact) mass is 192 g/mol. The fourth-order valence-electron chi connectivity index (χ4n) is 1.41. The summed E-state index contributed by atoms with van der Waals surface area (Å²) in [7, 11) is 0. The van der Waals surface area contributed by atoms with E-state index in [1.807, 2.05) is 13.0 Å². The first-order chi connectivity index (χ1) is 6.18. The predicted molar refractivity (Wildman–Crippen MR) is 50.5 cm³/mol. The number of halogens is 1. The van der Waals surface area contributed by atoms with Gasteiger partial charge in [0.05, 0.1) is 11.5 Å². The van der Waals surface area contributed by atoms with Crippen molar-refractivity contribution in [1.29, 1.82) is 5.26 Å². The van der Waals surface area contributed by atoms with Crippen LogP contribution in [0.25, 0.3) is 0 Å². The molecule has 0 aromatic carbocycles. The van der Waals surface area contributed by atoms with Crippen molar-refractivity contribution in [2.45, 2.75) is 25.2 Å². The lowest BCUT2D eigenvalue weighted by Crippen LogP contribution is -2.03. The van der Waals surface area contributed by atoms with E-state index in [0.29, 0.717) is 5.15 Å². The normalized spacial score (nSPS) is 17.9. The highest BCUT2D eigenvalue weighted by Crippen LogP contribution is 2.47. The molecule has 0 unspecified atom stereocenters. The molecule has 1 saturated carbocycles. The summed E-state index contributed by atoms with van der Waals surface area (Å²) in [5.41, 5.74) is 1.71. The summed E-state index contributed by atoms with van der Waals surface area (Å²) in [6.45, 7) is 1.91. The maximum absolute atomic E-state index is 8.96. The zero-order chi connectivity index (χ0) is 9.47. The molecule has 1 aliphatic rings. The van der Waals surface area contributed by atoms with Crippen molar-refractivity contribution in [3.8, 4) is 6.07 Å². The van der Waals surface area contributed by atoms with E-state index in [9.17, 15) is 0 Å². The molecule has 0 bridgehead atoms. The smallest absolute Gasteiger partial charge is 0.131 e. The number of hydrogen-bond donors (Lipinski definition) is 0. The van der Waals surface area contributed by atoms with Crippen molar-refractivity contribution >= 4 is 11.6 Å². The Kier molecular flexibility index (Phi) is 1.78. The van der Waals surface area contributed by atoms with Gasteiger partial charge < -0.3 is 0 Å². The van der Waals surface area contributed by atoms with E-state index in [0.717, 1.165) is 24.0 Å². The van der Waals surface area contributed by atoms with Crippen LogP contribution in [-0.2, 0) is 5.41 Å². The van der Waals surface area contributed by atoms with E-state index >= 15 is 0 Å². The Morgan fingerprint density at radius 1 is 1.62 bits per heavy atom. The number of aryl methyl sites for hydroxylation is 1. The fraction of sp³-hybridized carbons (Fsp3) is 0.400. The quantitative estimate of drug-likeness (QED) is 0.642. The zero-order valence-electron chi connectivity index (χ0n) is 7.34. The third-order valence-corrected chi connectivity index (χ3v) is 2.93. The highest BCUT2D eigenvalue weighted by molar-refractivity contribution is 6.30. The molecule has 0 atom stereocenters. The number of aromatic nitrogens is 1. The second kappa shape index (κ2) is 2.71. The van der Waals surface area contributed by atoms with Gasteiger partial charge in [0, 0.05) is 6.20 Å². The van der Waals surface area contributed by atoms with E-state index in [4.69, 9.17) is 16.9 Å². The summed E-state index contributed by atoms with van der Waals surface area (Å²) in [5.74, 6) is 0. The SMILES string of the molecule is Cc1cc(C2(C#N)CC2)cnc1Cl. The Morgan fingerprint density at radius 2 is 2.31 bits per heavy atom. The topological polar surface area (TPSA) is 36.7 Å². The third-order valence-electron chi connectivity index (χ3n) is 2.53. The van der Waals surface area contributed by atoms with Crippen LogP contribution in [0.5, 0.6) is 0 Å². The largest absolute Gasteiger partial charge is 0.244 e. The average Bonchev–Trinajstić information content (AvgIpc) is 2.90. The van der Waals surface area contributed by atoms with Crippen molar-refractivity contribution in [2.75, 3.05) is 0 Å². The van der Waals surface area contributed by atoms with Crippen LogP contribution in [0.2, 0.25) is 5.15 Å². The van der Waals surface area contributed by atoms with Gasteiger partial charge in [0.2, 0.25) is 0 Å². The van der Waals surface area contributed by atoms with Gasteiger partial charge in [-0.05, 0) is 37.0 Å². The minimum absolute atomic E-state index is 0.248. The summed E-state index contributed by atoms with van der Waals surface area (Å²) in [6, 6.07) is 4.30. The molecule has 2 rings (SSSR count). The van der Waals surface area contributed by atoms with Crippen LogP contribution in [0.1, 0.15) is 24.0 Å². The first-order valence-corrected chi connectivity index (χ1v) is 4.60. The lowest BCUT2D eigenvalue weighted by atomic mass is 9.99. The first kappa shape index (κ1) is 8.52. The molecule has 0 radical (unpaired) electrons. The molecular formula is C10H9ClN2. The van der Waals surface area contributed by atoms with Crippen LogP contribution >= 0.6 is 11.6 Å². The van der Waals surface area contributed by atoms with Gasteiger partial charge in [-0.1, -0.05) is 11.6 Å². The molecule has 1 aliphatic carbocycles. The van der Waals surface area contributed by atoms with Crippen LogP contribution < -0.4 is 0 Å². The Hall–Kier alpha value is -1.07. The van der Waals surface area contributed by atoms with Gasteiger partial charge in [-0.2, -0.15) is 5.26 Å². The van der Waals surface area contributed by atoms with Gasteiger partial charge >= 0.3 is 0 Å². The number of nitriles is 1. The summed E-state index contributed by atoms with van der Waals surface area (Å²) >= 11 is 5.80. The van der Waals surface area contributed by atoms with E-state index < -0.39 is 0 Å². The second-order valence-electron chi connectivity index (χ2n) is 3.53. The third kappa shape index (κ3) is 1.30. The Labute approximate surface area is 82.2 Å². The standard InChI is InChI=1S/C10H9ClN2/c1-7-4-8(5-13-9(7)11)10(6-12)2-3-10/h4-5H,2-3H2,1H3. The molecule has 0 N–H and O–H groups in total. The minimum Gasteiger partial charge on any atom is -0.244 e. The van der Waals surface area contributed by atoms with Crippen LogP contribution in [-0.4, -0.2) is 4.98 Å². The molecule has 2 nitrogen and oxygen atoms in total. The molecule has 0 saturated heterocycles. The van der Waals surface area contributed by atoms with Crippen molar-refractivity contribution in [3.63, 3.8) is 0 Å².